The summed E-state index contributed by atoms with van der Waals surface area (Å²) in [7, 11) is 1.70. The Kier molecular flexibility index (Phi) is 6.37. The van der Waals surface area contributed by atoms with Crippen LogP contribution in [0.15, 0.2) is 18.2 Å². The van der Waals surface area contributed by atoms with Crippen LogP contribution in [0, 0.1) is 5.92 Å². The summed E-state index contributed by atoms with van der Waals surface area (Å²) in [6.07, 6.45) is 6.78. The molecule has 1 saturated carbocycles. The maximum absolute atomic E-state index is 5.57. The molecule has 2 unspecified atom stereocenters. The first-order valence-corrected chi connectivity index (χ1v) is 8.27. The van der Waals surface area contributed by atoms with Gasteiger partial charge in [0, 0.05) is 12.6 Å². The highest BCUT2D eigenvalue weighted by Gasteiger charge is 2.19. The van der Waals surface area contributed by atoms with E-state index in [4.69, 9.17) is 9.47 Å². The van der Waals surface area contributed by atoms with Crippen LogP contribution >= 0.6 is 0 Å². The topological polar surface area (TPSA) is 30.5 Å². The largest absolute Gasteiger partial charge is 0.493 e. The van der Waals surface area contributed by atoms with Crippen LogP contribution < -0.4 is 14.8 Å². The number of benzene rings is 1. The van der Waals surface area contributed by atoms with Gasteiger partial charge in [-0.15, -0.1) is 0 Å². The van der Waals surface area contributed by atoms with Gasteiger partial charge in [0.2, 0.25) is 0 Å². The predicted octanol–water partition coefficient (Wildman–Crippen LogP) is 4.15. The fourth-order valence-electron chi connectivity index (χ4n) is 3.14. The van der Waals surface area contributed by atoms with Crippen LogP contribution in [0.25, 0.3) is 0 Å². The summed E-state index contributed by atoms with van der Waals surface area (Å²) in [5.74, 6) is 2.42. The molecule has 1 aromatic carbocycles. The van der Waals surface area contributed by atoms with Crippen LogP contribution in [-0.2, 0) is 6.54 Å². The van der Waals surface area contributed by atoms with Crippen LogP contribution in [0.1, 0.15) is 51.5 Å². The van der Waals surface area contributed by atoms with E-state index in [1.165, 1.54) is 37.7 Å². The highest BCUT2D eigenvalue weighted by molar-refractivity contribution is 5.42. The quantitative estimate of drug-likeness (QED) is 0.799. The smallest absolute Gasteiger partial charge is 0.161 e. The third-order valence-corrected chi connectivity index (χ3v) is 4.46. The van der Waals surface area contributed by atoms with E-state index in [1.807, 2.05) is 13.0 Å². The molecule has 1 N–H and O–H groups in total. The van der Waals surface area contributed by atoms with Gasteiger partial charge in [-0.25, -0.2) is 0 Å². The number of hydrogen-bond donors (Lipinski definition) is 1. The summed E-state index contributed by atoms with van der Waals surface area (Å²) < 4.78 is 11.0. The SMILES string of the molecule is CCOc1ccc(CNC2CCCCCC2C)cc1OC. The van der Waals surface area contributed by atoms with Crippen LogP contribution in [0.3, 0.4) is 0 Å². The third kappa shape index (κ3) is 4.63. The van der Waals surface area contributed by atoms with Gasteiger partial charge in [-0.05, 0) is 43.4 Å². The van der Waals surface area contributed by atoms with Crippen molar-refractivity contribution in [2.24, 2.45) is 5.92 Å². The Bertz CT molecular complexity index is 433. The van der Waals surface area contributed by atoms with Gasteiger partial charge in [0.1, 0.15) is 0 Å². The molecular weight excluding hydrogens is 262 g/mol. The first-order valence-electron chi connectivity index (χ1n) is 8.27. The van der Waals surface area contributed by atoms with Gasteiger partial charge in [0.25, 0.3) is 0 Å². The maximum atomic E-state index is 5.57. The summed E-state index contributed by atoms with van der Waals surface area (Å²) >= 11 is 0. The lowest BCUT2D eigenvalue weighted by Gasteiger charge is -2.23. The van der Waals surface area contributed by atoms with E-state index in [0.29, 0.717) is 12.6 Å². The van der Waals surface area contributed by atoms with E-state index in [9.17, 15) is 0 Å². The second-order valence-corrected chi connectivity index (χ2v) is 6.02. The third-order valence-electron chi connectivity index (χ3n) is 4.46. The molecule has 0 heterocycles. The molecule has 0 bridgehead atoms. The molecule has 0 amide bonds. The van der Waals surface area contributed by atoms with Crippen molar-refractivity contribution in [1.29, 1.82) is 0 Å². The van der Waals surface area contributed by atoms with Crippen molar-refractivity contribution in [3.05, 3.63) is 23.8 Å². The number of nitrogens with one attached hydrogen (secondary N) is 1. The Morgan fingerprint density at radius 2 is 1.95 bits per heavy atom. The minimum atomic E-state index is 0.644. The van der Waals surface area contributed by atoms with Crippen LogP contribution in [0.4, 0.5) is 0 Å². The number of rotatable bonds is 6. The molecule has 118 valence electrons. The molecule has 2 atom stereocenters. The van der Waals surface area contributed by atoms with Gasteiger partial charge in [-0.3, -0.25) is 0 Å². The first-order chi connectivity index (χ1) is 10.2. The Labute approximate surface area is 129 Å². The molecule has 3 heteroatoms. The molecule has 0 aromatic heterocycles. The van der Waals surface area contributed by atoms with Gasteiger partial charge < -0.3 is 14.8 Å². The molecule has 0 saturated heterocycles. The highest BCUT2D eigenvalue weighted by Crippen LogP contribution is 2.28. The van der Waals surface area contributed by atoms with Gasteiger partial charge >= 0.3 is 0 Å². The minimum absolute atomic E-state index is 0.644. The average Bonchev–Trinajstić information content (AvgIpc) is 2.71. The molecule has 1 aromatic rings. The van der Waals surface area contributed by atoms with E-state index < -0.39 is 0 Å². The highest BCUT2D eigenvalue weighted by atomic mass is 16.5. The molecule has 1 aliphatic rings. The lowest BCUT2D eigenvalue weighted by Crippen LogP contribution is -2.33. The van der Waals surface area contributed by atoms with Crippen molar-refractivity contribution in [2.45, 2.75) is 58.5 Å². The van der Waals surface area contributed by atoms with Crippen LogP contribution in [-0.4, -0.2) is 19.8 Å². The predicted molar refractivity (Wildman–Crippen MR) is 87.0 cm³/mol. The van der Waals surface area contributed by atoms with Crippen molar-refractivity contribution < 1.29 is 9.47 Å². The molecule has 3 nitrogen and oxygen atoms in total. The fraction of sp³-hybridized carbons (Fsp3) is 0.667. The van der Waals surface area contributed by atoms with Crippen molar-refractivity contribution in [3.8, 4) is 11.5 Å². The number of hydrogen-bond acceptors (Lipinski definition) is 3. The van der Waals surface area contributed by atoms with E-state index >= 15 is 0 Å². The zero-order valence-electron chi connectivity index (χ0n) is 13.7. The van der Waals surface area contributed by atoms with E-state index in [0.717, 1.165) is 24.0 Å². The Morgan fingerprint density at radius 3 is 2.71 bits per heavy atom. The molecule has 1 fully saturated rings. The monoisotopic (exact) mass is 291 g/mol. The van der Waals surface area contributed by atoms with Crippen molar-refractivity contribution in [2.75, 3.05) is 13.7 Å². The molecular formula is C18H29NO2. The molecule has 0 aliphatic heterocycles. The normalized spacial score (nSPS) is 22.6. The summed E-state index contributed by atoms with van der Waals surface area (Å²) in [4.78, 5) is 0. The van der Waals surface area contributed by atoms with E-state index in [2.05, 4.69) is 24.4 Å². The van der Waals surface area contributed by atoms with Crippen molar-refractivity contribution >= 4 is 0 Å². The maximum Gasteiger partial charge on any atom is 0.161 e. The Morgan fingerprint density at radius 1 is 1.14 bits per heavy atom. The lowest BCUT2D eigenvalue weighted by atomic mass is 9.97. The molecule has 0 spiro atoms. The molecule has 0 radical (unpaired) electrons. The lowest BCUT2D eigenvalue weighted by molar-refractivity contribution is 0.310. The molecule has 1 aliphatic carbocycles. The fourth-order valence-corrected chi connectivity index (χ4v) is 3.14. The zero-order valence-corrected chi connectivity index (χ0v) is 13.7. The summed E-state index contributed by atoms with van der Waals surface area (Å²) in [5, 5.41) is 3.73. The van der Waals surface area contributed by atoms with Crippen LogP contribution in [0.5, 0.6) is 11.5 Å². The molecule has 2 rings (SSSR count). The average molecular weight is 291 g/mol. The van der Waals surface area contributed by atoms with Crippen molar-refractivity contribution in [3.63, 3.8) is 0 Å². The second kappa shape index (κ2) is 8.28. The van der Waals surface area contributed by atoms with E-state index in [1.54, 1.807) is 7.11 Å². The van der Waals surface area contributed by atoms with Crippen LogP contribution in [0.2, 0.25) is 0 Å². The zero-order chi connectivity index (χ0) is 15.1. The standard InChI is InChI=1S/C18H29NO2/c1-4-21-17-11-10-15(12-18(17)20-3)13-19-16-9-7-5-6-8-14(16)2/h10-12,14,16,19H,4-9,13H2,1-3H3. The van der Waals surface area contributed by atoms with Crippen molar-refractivity contribution in [1.82, 2.24) is 5.32 Å². The summed E-state index contributed by atoms with van der Waals surface area (Å²) in [5.41, 5.74) is 1.26. The second-order valence-electron chi connectivity index (χ2n) is 6.02. The first kappa shape index (κ1) is 16.2. The number of ether oxygens (including phenoxy) is 2. The summed E-state index contributed by atoms with van der Waals surface area (Å²) in [6, 6.07) is 6.86. The minimum Gasteiger partial charge on any atom is -0.493 e. The Balaban J connectivity index is 1.95. The Hall–Kier alpha value is -1.22. The summed E-state index contributed by atoms with van der Waals surface area (Å²) in [6.45, 7) is 5.93. The van der Waals surface area contributed by atoms with E-state index in [-0.39, 0.29) is 0 Å². The molecule has 21 heavy (non-hydrogen) atoms. The van der Waals surface area contributed by atoms with Gasteiger partial charge in [-0.2, -0.15) is 0 Å². The van der Waals surface area contributed by atoms with Gasteiger partial charge in [-0.1, -0.05) is 32.3 Å². The number of methoxy groups -OCH3 is 1. The van der Waals surface area contributed by atoms with Gasteiger partial charge in [0.05, 0.1) is 13.7 Å². The van der Waals surface area contributed by atoms with Gasteiger partial charge in [0.15, 0.2) is 11.5 Å².